The van der Waals surface area contributed by atoms with Crippen LogP contribution in [0.5, 0.6) is 0 Å². The number of hydrogen-bond acceptors (Lipinski definition) is 4. The number of amides is 1. The number of nitrogens with one attached hydrogen (secondary N) is 2. The van der Waals surface area contributed by atoms with Crippen molar-refractivity contribution in [2.24, 2.45) is 0 Å². The van der Waals surface area contributed by atoms with Crippen LogP contribution in [0.3, 0.4) is 0 Å². The van der Waals surface area contributed by atoms with Gasteiger partial charge >= 0.3 is 0 Å². The summed E-state index contributed by atoms with van der Waals surface area (Å²) in [5.41, 5.74) is 0.454. The first kappa shape index (κ1) is 11.9. The molecular formula is C11H11N3OS2. The van der Waals surface area contributed by atoms with E-state index in [4.69, 9.17) is 12.2 Å². The van der Waals surface area contributed by atoms with Gasteiger partial charge in [-0.1, -0.05) is 19.1 Å². The van der Waals surface area contributed by atoms with E-state index in [-0.39, 0.29) is 5.91 Å². The lowest BCUT2D eigenvalue weighted by Gasteiger charge is -2.00. The third-order valence-electron chi connectivity index (χ3n) is 2.19. The molecule has 0 aliphatic heterocycles. The third kappa shape index (κ3) is 2.78. The molecule has 6 heteroatoms. The Morgan fingerprint density at radius 2 is 2.47 bits per heavy atom. The maximum atomic E-state index is 11.9. The summed E-state index contributed by atoms with van der Waals surface area (Å²) in [5, 5.41) is 3.34. The molecule has 0 spiro atoms. The summed E-state index contributed by atoms with van der Waals surface area (Å²) in [7, 11) is 0. The molecule has 0 aliphatic rings. The average molecular weight is 265 g/mol. The summed E-state index contributed by atoms with van der Waals surface area (Å²) in [5.74, 6) is -0.233. The molecule has 2 N–H and O–H groups in total. The van der Waals surface area contributed by atoms with Crippen LogP contribution < -0.4 is 5.32 Å². The highest BCUT2D eigenvalue weighted by atomic mass is 32.1. The van der Waals surface area contributed by atoms with E-state index >= 15 is 0 Å². The van der Waals surface area contributed by atoms with E-state index in [0.29, 0.717) is 15.3 Å². The van der Waals surface area contributed by atoms with Crippen molar-refractivity contribution in [3.63, 3.8) is 0 Å². The lowest BCUT2D eigenvalue weighted by Crippen LogP contribution is -2.12. The summed E-state index contributed by atoms with van der Waals surface area (Å²) in [4.78, 5) is 20.0. The third-order valence-corrected chi connectivity index (χ3v) is 3.58. The number of nitrogens with zero attached hydrogens (tertiary/aromatic N) is 1. The molecule has 17 heavy (non-hydrogen) atoms. The van der Waals surface area contributed by atoms with Crippen molar-refractivity contribution in [1.29, 1.82) is 0 Å². The highest BCUT2D eigenvalue weighted by Crippen LogP contribution is 2.19. The summed E-state index contributed by atoms with van der Waals surface area (Å²) >= 11 is 6.51. The van der Waals surface area contributed by atoms with E-state index in [2.05, 4.69) is 15.3 Å². The van der Waals surface area contributed by atoms with Crippen LogP contribution in [-0.4, -0.2) is 15.9 Å². The van der Waals surface area contributed by atoms with E-state index in [0.717, 1.165) is 11.3 Å². The van der Waals surface area contributed by atoms with Crippen molar-refractivity contribution in [3.8, 4) is 0 Å². The maximum Gasteiger partial charge on any atom is 0.260 e. The second-order valence-corrected chi connectivity index (χ2v) is 4.88. The molecule has 2 aromatic heterocycles. The average Bonchev–Trinajstić information content (AvgIpc) is 2.77. The molecule has 0 saturated carbocycles. The summed E-state index contributed by atoms with van der Waals surface area (Å²) in [6.07, 6.45) is 4.38. The van der Waals surface area contributed by atoms with Crippen molar-refractivity contribution in [1.82, 2.24) is 9.97 Å². The van der Waals surface area contributed by atoms with Gasteiger partial charge in [0.1, 0.15) is 4.64 Å². The van der Waals surface area contributed by atoms with Crippen LogP contribution in [0.25, 0.3) is 0 Å². The van der Waals surface area contributed by atoms with Gasteiger partial charge in [-0.2, -0.15) is 0 Å². The lowest BCUT2D eigenvalue weighted by atomic mass is 10.3. The number of rotatable bonds is 3. The van der Waals surface area contributed by atoms with E-state index < -0.39 is 0 Å². The minimum absolute atomic E-state index is 0.233. The van der Waals surface area contributed by atoms with Gasteiger partial charge in [0.05, 0.1) is 5.56 Å². The van der Waals surface area contributed by atoms with E-state index in [9.17, 15) is 4.79 Å². The highest BCUT2D eigenvalue weighted by molar-refractivity contribution is 7.71. The number of aryl methyl sites for hydroxylation is 1. The minimum Gasteiger partial charge on any atom is -0.352 e. The van der Waals surface area contributed by atoms with Crippen molar-refractivity contribution in [3.05, 3.63) is 39.6 Å². The number of carbonyl (C=O) groups is 1. The standard InChI is InChI=1S/C11H11N3OS2/c1-2-7-6-13-11(17-7)14-9(15)8-4-3-5-12-10(8)16/h3-6H,2H2,1H3,(H,12,16)(H,13,14,15). The van der Waals surface area contributed by atoms with Gasteiger partial charge in [-0.25, -0.2) is 4.98 Å². The molecule has 1 amide bonds. The first-order chi connectivity index (χ1) is 8.20. The Balaban J connectivity index is 2.17. The van der Waals surface area contributed by atoms with E-state index in [1.807, 2.05) is 6.92 Å². The van der Waals surface area contributed by atoms with Gasteiger partial charge in [0, 0.05) is 17.3 Å². The Kier molecular flexibility index (Phi) is 3.65. The van der Waals surface area contributed by atoms with Crippen LogP contribution >= 0.6 is 23.6 Å². The zero-order valence-corrected chi connectivity index (χ0v) is 10.8. The van der Waals surface area contributed by atoms with Crippen LogP contribution in [0.1, 0.15) is 22.2 Å². The summed E-state index contributed by atoms with van der Waals surface area (Å²) in [6.45, 7) is 2.05. The van der Waals surface area contributed by atoms with Gasteiger partial charge in [0.2, 0.25) is 0 Å². The fourth-order valence-corrected chi connectivity index (χ4v) is 2.27. The van der Waals surface area contributed by atoms with Crippen LogP contribution in [0.4, 0.5) is 5.13 Å². The van der Waals surface area contributed by atoms with Crippen molar-refractivity contribution in [2.45, 2.75) is 13.3 Å². The molecule has 88 valence electrons. The number of aromatic nitrogens is 2. The van der Waals surface area contributed by atoms with Crippen LogP contribution in [-0.2, 0) is 6.42 Å². The van der Waals surface area contributed by atoms with Gasteiger partial charge in [0.15, 0.2) is 5.13 Å². The molecule has 0 radical (unpaired) electrons. The number of H-pyrrole nitrogens is 1. The molecule has 0 bridgehead atoms. The fraction of sp³-hybridized carbons (Fsp3) is 0.182. The summed E-state index contributed by atoms with van der Waals surface area (Å²) < 4.78 is 0.428. The quantitative estimate of drug-likeness (QED) is 0.839. The van der Waals surface area contributed by atoms with Crippen molar-refractivity contribution >= 4 is 34.6 Å². The largest absolute Gasteiger partial charge is 0.352 e. The monoisotopic (exact) mass is 265 g/mol. The van der Waals surface area contributed by atoms with E-state index in [1.54, 1.807) is 24.5 Å². The number of pyridine rings is 1. The first-order valence-electron chi connectivity index (χ1n) is 5.14. The zero-order valence-electron chi connectivity index (χ0n) is 9.19. The van der Waals surface area contributed by atoms with Crippen molar-refractivity contribution < 1.29 is 4.79 Å². The molecule has 0 aliphatic carbocycles. The van der Waals surface area contributed by atoms with Crippen LogP contribution in [0.15, 0.2) is 24.5 Å². The molecule has 0 atom stereocenters. The second kappa shape index (κ2) is 5.20. The van der Waals surface area contributed by atoms with Crippen molar-refractivity contribution in [2.75, 3.05) is 5.32 Å². The second-order valence-electron chi connectivity index (χ2n) is 3.35. The Bertz CT molecular complexity index is 588. The lowest BCUT2D eigenvalue weighted by molar-refractivity contribution is 0.102. The molecule has 2 rings (SSSR count). The summed E-state index contributed by atoms with van der Waals surface area (Å²) in [6, 6.07) is 3.42. The van der Waals surface area contributed by atoms with Gasteiger partial charge in [-0.15, -0.1) is 11.3 Å². The SMILES string of the molecule is CCc1cnc(NC(=O)c2ccc[nH]c2=S)s1. The van der Waals surface area contributed by atoms with Crippen LogP contribution in [0, 0.1) is 4.64 Å². The van der Waals surface area contributed by atoms with Gasteiger partial charge in [-0.05, 0) is 18.6 Å². The minimum atomic E-state index is -0.233. The number of aromatic amines is 1. The molecule has 4 nitrogen and oxygen atoms in total. The topological polar surface area (TPSA) is 57.8 Å². The highest BCUT2D eigenvalue weighted by Gasteiger charge is 2.09. The number of anilines is 1. The van der Waals surface area contributed by atoms with Gasteiger partial charge in [-0.3, -0.25) is 10.1 Å². The first-order valence-corrected chi connectivity index (χ1v) is 6.37. The van der Waals surface area contributed by atoms with Gasteiger partial charge < -0.3 is 4.98 Å². The predicted octanol–water partition coefficient (Wildman–Crippen LogP) is 3.02. The van der Waals surface area contributed by atoms with Crippen LogP contribution in [0.2, 0.25) is 0 Å². The molecule has 2 heterocycles. The molecule has 0 unspecified atom stereocenters. The molecular weight excluding hydrogens is 254 g/mol. The molecule has 2 aromatic rings. The smallest absolute Gasteiger partial charge is 0.260 e. The molecule has 0 aromatic carbocycles. The Hall–Kier alpha value is -1.53. The van der Waals surface area contributed by atoms with E-state index in [1.165, 1.54) is 11.3 Å². The number of hydrogen-bond donors (Lipinski definition) is 2. The normalized spacial score (nSPS) is 10.2. The Morgan fingerprint density at radius 1 is 1.65 bits per heavy atom. The zero-order chi connectivity index (χ0) is 12.3. The molecule has 0 fully saturated rings. The fourth-order valence-electron chi connectivity index (χ4n) is 1.29. The maximum absolute atomic E-state index is 11.9. The molecule has 0 saturated heterocycles. The number of thiazole rings is 1. The predicted molar refractivity (Wildman–Crippen MR) is 71.1 cm³/mol. The Labute approximate surface area is 108 Å². The Morgan fingerprint density at radius 3 is 3.12 bits per heavy atom. The van der Waals surface area contributed by atoms with Gasteiger partial charge in [0.25, 0.3) is 5.91 Å². The number of carbonyl (C=O) groups excluding carboxylic acids is 1.